The standard InChI is InChI=1S/C36H24ClN3O/c37-24-19-20-30-27(21-24)36(35(41)40-30,31-25-15-7-9-17-28(25)38-33(31)22-11-3-1-4-12-22)32-26-16-8-10-18-29(26)39-34(32)23-13-5-2-6-14-23/h1-21,38-39H,(H,40,41). The molecule has 3 N–H and O–H groups in total. The highest BCUT2D eigenvalue weighted by Gasteiger charge is 2.54. The molecular weight excluding hydrogens is 526 g/mol. The summed E-state index contributed by atoms with van der Waals surface area (Å²) in [4.78, 5) is 22.3. The fraction of sp³-hybridized carbons (Fsp3) is 0.0278. The zero-order chi connectivity index (χ0) is 27.6. The van der Waals surface area contributed by atoms with Crippen molar-refractivity contribution >= 4 is 45.0 Å². The fourth-order valence-electron chi connectivity index (χ4n) is 6.60. The molecule has 4 nitrogen and oxygen atoms in total. The third kappa shape index (κ3) is 3.38. The summed E-state index contributed by atoms with van der Waals surface area (Å²) in [5.74, 6) is -0.112. The molecule has 8 rings (SSSR count). The number of anilines is 1. The van der Waals surface area contributed by atoms with Gasteiger partial charge in [0.2, 0.25) is 5.91 Å². The number of benzene rings is 5. The van der Waals surface area contributed by atoms with Crippen LogP contribution in [0.5, 0.6) is 0 Å². The molecule has 0 saturated carbocycles. The van der Waals surface area contributed by atoms with Crippen LogP contribution in [0, 0.1) is 0 Å². The lowest BCUT2D eigenvalue weighted by atomic mass is 9.67. The number of nitrogens with one attached hydrogen (secondary N) is 3. The second-order valence-electron chi connectivity index (χ2n) is 10.5. The van der Waals surface area contributed by atoms with Crippen molar-refractivity contribution in [2.45, 2.75) is 5.41 Å². The highest BCUT2D eigenvalue weighted by Crippen LogP contribution is 2.56. The second-order valence-corrected chi connectivity index (χ2v) is 10.9. The number of aromatic amines is 2. The van der Waals surface area contributed by atoms with Crippen molar-refractivity contribution in [3.05, 3.63) is 149 Å². The molecule has 1 amide bonds. The summed E-state index contributed by atoms with van der Waals surface area (Å²) < 4.78 is 0. The van der Waals surface area contributed by atoms with Crippen LogP contribution in [0.25, 0.3) is 44.3 Å². The van der Waals surface area contributed by atoms with Gasteiger partial charge in [-0.25, -0.2) is 0 Å². The van der Waals surface area contributed by atoms with Crippen molar-refractivity contribution in [3.8, 4) is 22.5 Å². The monoisotopic (exact) mass is 549 g/mol. The van der Waals surface area contributed by atoms with Crippen LogP contribution in [-0.2, 0) is 10.2 Å². The van der Waals surface area contributed by atoms with Crippen molar-refractivity contribution in [2.24, 2.45) is 0 Å². The van der Waals surface area contributed by atoms with Gasteiger partial charge in [-0.2, -0.15) is 0 Å². The van der Waals surface area contributed by atoms with Gasteiger partial charge in [-0.1, -0.05) is 109 Å². The van der Waals surface area contributed by atoms with E-state index in [9.17, 15) is 4.79 Å². The third-order valence-corrected chi connectivity index (χ3v) is 8.50. The third-order valence-electron chi connectivity index (χ3n) is 8.26. The molecule has 5 aromatic carbocycles. The molecule has 0 saturated heterocycles. The van der Waals surface area contributed by atoms with Gasteiger partial charge >= 0.3 is 0 Å². The number of amides is 1. The predicted octanol–water partition coefficient (Wildman–Crippen LogP) is 8.92. The fourth-order valence-corrected chi connectivity index (χ4v) is 6.77. The minimum atomic E-state index is -1.23. The van der Waals surface area contributed by atoms with Crippen LogP contribution in [-0.4, -0.2) is 15.9 Å². The minimum absolute atomic E-state index is 0.112. The van der Waals surface area contributed by atoms with E-state index in [1.54, 1.807) is 0 Å². The van der Waals surface area contributed by atoms with Crippen LogP contribution in [0.3, 0.4) is 0 Å². The van der Waals surface area contributed by atoms with Crippen LogP contribution in [0.2, 0.25) is 5.02 Å². The van der Waals surface area contributed by atoms with E-state index in [0.29, 0.717) is 5.02 Å². The molecule has 0 spiro atoms. The number of carbonyl (C=O) groups is 1. The zero-order valence-electron chi connectivity index (χ0n) is 21.9. The molecule has 0 atom stereocenters. The van der Waals surface area contributed by atoms with Crippen molar-refractivity contribution < 1.29 is 4.79 Å². The van der Waals surface area contributed by atoms with Gasteiger partial charge in [0.05, 0.1) is 11.4 Å². The summed E-state index contributed by atoms with van der Waals surface area (Å²) in [7, 11) is 0. The van der Waals surface area contributed by atoms with E-state index in [4.69, 9.17) is 11.6 Å². The van der Waals surface area contributed by atoms with Crippen LogP contribution in [0.4, 0.5) is 5.69 Å². The summed E-state index contributed by atoms with van der Waals surface area (Å²) in [5, 5.41) is 5.80. The summed E-state index contributed by atoms with van der Waals surface area (Å²) in [6.45, 7) is 0. The number of H-pyrrole nitrogens is 2. The van der Waals surface area contributed by atoms with Gasteiger partial charge in [0.1, 0.15) is 5.41 Å². The lowest BCUT2D eigenvalue weighted by molar-refractivity contribution is -0.118. The number of hydrogen-bond donors (Lipinski definition) is 3. The molecule has 1 aliphatic heterocycles. The lowest BCUT2D eigenvalue weighted by Crippen LogP contribution is -2.37. The molecule has 7 aromatic rings. The van der Waals surface area contributed by atoms with Crippen molar-refractivity contribution in [3.63, 3.8) is 0 Å². The molecule has 0 unspecified atom stereocenters. The minimum Gasteiger partial charge on any atom is -0.354 e. The van der Waals surface area contributed by atoms with Crippen LogP contribution in [0.15, 0.2) is 127 Å². The van der Waals surface area contributed by atoms with Gasteiger partial charge in [0, 0.05) is 49.2 Å². The van der Waals surface area contributed by atoms with E-state index in [1.165, 1.54) is 0 Å². The van der Waals surface area contributed by atoms with Gasteiger partial charge < -0.3 is 15.3 Å². The molecule has 41 heavy (non-hydrogen) atoms. The number of para-hydroxylation sites is 2. The Morgan fingerprint density at radius 2 is 1.05 bits per heavy atom. The normalized spacial score (nSPS) is 13.9. The van der Waals surface area contributed by atoms with E-state index in [1.807, 2.05) is 78.9 Å². The molecule has 2 aromatic heterocycles. The molecule has 0 fully saturated rings. The Kier molecular flexibility index (Phi) is 5.21. The second kappa shape index (κ2) is 8.98. The molecule has 0 radical (unpaired) electrons. The average Bonchev–Trinajstić information content (AvgIpc) is 3.68. The average molecular weight is 550 g/mol. The number of fused-ring (bicyclic) bond motifs is 3. The Bertz CT molecular complexity index is 1990. The maximum absolute atomic E-state index is 14.9. The van der Waals surface area contributed by atoms with E-state index >= 15 is 0 Å². The maximum atomic E-state index is 14.9. The Morgan fingerprint density at radius 1 is 0.561 bits per heavy atom. The number of carbonyl (C=O) groups excluding carboxylic acids is 1. The smallest absolute Gasteiger partial charge is 0.244 e. The number of halogens is 1. The van der Waals surface area contributed by atoms with Gasteiger partial charge in [0.25, 0.3) is 0 Å². The maximum Gasteiger partial charge on any atom is 0.244 e. The van der Waals surface area contributed by atoms with E-state index in [-0.39, 0.29) is 5.91 Å². The first-order valence-corrected chi connectivity index (χ1v) is 14.0. The quantitative estimate of drug-likeness (QED) is 0.202. The lowest BCUT2D eigenvalue weighted by Gasteiger charge is -2.31. The molecule has 3 heterocycles. The summed E-state index contributed by atoms with van der Waals surface area (Å²) >= 11 is 6.72. The number of hydrogen-bond acceptors (Lipinski definition) is 1. The molecule has 0 aliphatic carbocycles. The highest BCUT2D eigenvalue weighted by molar-refractivity contribution is 6.31. The Morgan fingerprint density at radius 3 is 1.59 bits per heavy atom. The van der Waals surface area contributed by atoms with Crippen molar-refractivity contribution in [2.75, 3.05) is 5.32 Å². The summed E-state index contributed by atoms with van der Waals surface area (Å²) in [6, 6.07) is 42.6. The van der Waals surface area contributed by atoms with Crippen LogP contribution < -0.4 is 5.32 Å². The molecular formula is C36H24ClN3O. The first kappa shape index (κ1) is 23.8. The Hall–Kier alpha value is -5.06. The number of rotatable bonds is 4. The molecule has 1 aliphatic rings. The number of aromatic nitrogens is 2. The molecule has 5 heteroatoms. The predicted molar refractivity (Wildman–Crippen MR) is 167 cm³/mol. The zero-order valence-corrected chi connectivity index (χ0v) is 22.7. The first-order valence-electron chi connectivity index (χ1n) is 13.6. The summed E-state index contributed by atoms with van der Waals surface area (Å²) in [6.07, 6.45) is 0. The molecule has 0 bridgehead atoms. The molecule has 196 valence electrons. The SMILES string of the molecule is O=C1Nc2ccc(Cl)cc2C1(c1c(-c2ccccc2)[nH]c2ccccc12)c1c(-c2ccccc2)[nH]c2ccccc12. The van der Waals surface area contributed by atoms with Gasteiger partial charge in [-0.15, -0.1) is 0 Å². The van der Waals surface area contributed by atoms with E-state index in [0.717, 1.165) is 66.7 Å². The Balaban J connectivity index is 1.62. The first-order chi connectivity index (χ1) is 20.2. The van der Waals surface area contributed by atoms with Gasteiger partial charge in [-0.3, -0.25) is 4.79 Å². The topological polar surface area (TPSA) is 60.7 Å². The van der Waals surface area contributed by atoms with Crippen LogP contribution in [0.1, 0.15) is 16.7 Å². The van der Waals surface area contributed by atoms with Gasteiger partial charge in [0.15, 0.2) is 0 Å². The summed E-state index contributed by atoms with van der Waals surface area (Å²) in [5.41, 5.74) is 7.90. The van der Waals surface area contributed by atoms with E-state index in [2.05, 4.69) is 63.8 Å². The van der Waals surface area contributed by atoms with Gasteiger partial charge in [-0.05, 0) is 41.5 Å². The van der Waals surface area contributed by atoms with E-state index < -0.39 is 5.41 Å². The largest absolute Gasteiger partial charge is 0.354 e. The van der Waals surface area contributed by atoms with Crippen LogP contribution >= 0.6 is 11.6 Å². The van der Waals surface area contributed by atoms with Crippen molar-refractivity contribution in [1.29, 1.82) is 0 Å². The van der Waals surface area contributed by atoms with Crippen molar-refractivity contribution in [1.82, 2.24) is 9.97 Å². The Labute approximate surface area is 241 Å². The highest BCUT2D eigenvalue weighted by atomic mass is 35.5.